The number of ketones is 1. The molecule has 0 amide bonds. The average Bonchev–Trinajstić information content (AvgIpc) is 2.81. The molecule has 0 fully saturated rings. The van der Waals surface area contributed by atoms with E-state index in [-0.39, 0.29) is 5.78 Å². The van der Waals surface area contributed by atoms with Gasteiger partial charge in [-0.15, -0.1) is 0 Å². The quantitative estimate of drug-likeness (QED) is 0.635. The number of fused-ring (bicyclic) bond motifs is 1. The van der Waals surface area contributed by atoms with Crippen LogP contribution in [0.25, 0.3) is 10.9 Å². The van der Waals surface area contributed by atoms with Crippen LogP contribution < -0.4 is 0 Å². The molecule has 0 saturated heterocycles. The second-order valence-electron chi connectivity index (χ2n) is 4.58. The van der Waals surface area contributed by atoms with Crippen LogP contribution in [0.2, 0.25) is 10.0 Å². The van der Waals surface area contributed by atoms with Crippen molar-refractivity contribution in [3.05, 3.63) is 70.3 Å². The number of hydrogen-bond acceptors (Lipinski definition) is 1. The van der Waals surface area contributed by atoms with Gasteiger partial charge in [-0.1, -0.05) is 23.2 Å². The third-order valence-corrected chi connectivity index (χ3v) is 3.70. The summed E-state index contributed by atoms with van der Waals surface area (Å²) in [5.41, 5.74) is 1.65. The maximum Gasteiger partial charge on any atom is 0.182 e. The molecule has 0 bridgehead atoms. The van der Waals surface area contributed by atoms with E-state index in [1.54, 1.807) is 24.3 Å². The summed E-state index contributed by atoms with van der Waals surface area (Å²) in [5.74, 6) is 0.0501. The Bertz CT molecular complexity index is 775. The van der Waals surface area contributed by atoms with E-state index in [2.05, 4.69) is 0 Å². The van der Waals surface area contributed by atoms with Crippen LogP contribution >= 0.6 is 23.2 Å². The van der Waals surface area contributed by atoms with E-state index >= 15 is 0 Å². The smallest absolute Gasteiger partial charge is 0.182 e. The average molecular weight is 304 g/mol. The van der Waals surface area contributed by atoms with Crippen LogP contribution in [-0.2, 0) is 6.54 Å². The summed E-state index contributed by atoms with van der Waals surface area (Å²) in [4.78, 5) is 12.2. The second kappa shape index (κ2) is 5.31. The molecule has 3 aromatic rings. The van der Waals surface area contributed by atoms with Crippen LogP contribution in [0, 0.1) is 0 Å². The Morgan fingerprint density at radius 1 is 0.950 bits per heavy atom. The zero-order valence-corrected chi connectivity index (χ0v) is 12.0. The summed E-state index contributed by atoms with van der Waals surface area (Å²) in [7, 11) is 0. The molecule has 0 spiro atoms. The van der Waals surface area contributed by atoms with Crippen molar-refractivity contribution in [1.82, 2.24) is 4.57 Å². The van der Waals surface area contributed by atoms with E-state index in [9.17, 15) is 4.79 Å². The number of Topliss-reactive ketones (excluding diaryl/α,β-unsaturated/α-hetero) is 1. The standard InChI is InChI=1S/C16H11Cl2NO/c17-13-3-1-11(2-4-13)16(20)10-19-8-7-12-9-14(18)5-6-15(12)19/h1-9H,10H2. The van der Waals surface area contributed by atoms with Crippen molar-refractivity contribution >= 4 is 39.9 Å². The maximum atomic E-state index is 12.2. The number of hydrogen-bond donors (Lipinski definition) is 0. The van der Waals surface area contributed by atoms with Crippen LogP contribution in [0.5, 0.6) is 0 Å². The Morgan fingerprint density at radius 3 is 2.40 bits per heavy atom. The lowest BCUT2D eigenvalue weighted by Crippen LogP contribution is -2.09. The molecule has 0 aliphatic carbocycles. The lowest BCUT2D eigenvalue weighted by molar-refractivity contribution is 0.0973. The Balaban J connectivity index is 1.89. The molecule has 0 atom stereocenters. The van der Waals surface area contributed by atoms with Crippen LogP contribution in [0.1, 0.15) is 10.4 Å². The topological polar surface area (TPSA) is 22.0 Å². The minimum Gasteiger partial charge on any atom is -0.340 e. The van der Waals surface area contributed by atoms with Crippen molar-refractivity contribution in [2.75, 3.05) is 0 Å². The first-order chi connectivity index (χ1) is 9.63. The van der Waals surface area contributed by atoms with Gasteiger partial charge in [0.05, 0.1) is 6.54 Å². The predicted molar refractivity (Wildman–Crippen MR) is 82.7 cm³/mol. The van der Waals surface area contributed by atoms with Crippen LogP contribution in [0.4, 0.5) is 0 Å². The van der Waals surface area contributed by atoms with Gasteiger partial charge in [0, 0.05) is 32.7 Å². The normalized spacial score (nSPS) is 10.9. The van der Waals surface area contributed by atoms with Gasteiger partial charge >= 0.3 is 0 Å². The van der Waals surface area contributed by atoms with Gasteiger partial charge in [-0.2, -0.15) is 0 Å². The summed E-state index contributed by atoms with van der Waals surface area (Å²) in [6.07, 6.45) is 1.90. The van der Waals surface area contributed by atoms with E-state index in [0.717, 1.165) is 10.9 Å². The second-order valence-corrected chi connectivity index (χ2v) is 5.45. The van der Waals surface area contributed by atoms with Crippen molar-refractivity contribution in [1.29, 1.82) is 0 Å². The SMILES string of the molecule is O=C(Cn1ccc2cc(Cl)ccc21)c1ccc(Cl)cc1. The molecule has 2 aromatic carbocycles. The molecule has 0 saturated carbocycles. The van der Waals surface area contributed by atoms with Gasteiger partial charge in [0.2, 0.25) is 0 Å². The Kier molecular flexibility index (Phi) is 3.51. The summed E-state index contributed by atoms with van der Waals surface area (Å²) < 4.78 is 1.92. The number of aromatic nitrogens is 1. The van der Waals surface area contributed by atoms with Crippen LogP contribution in [0.3, 0.4) is 0 Å². The molecule has 100 valence electrons. The highest BCUT2D eigenvalue weighted by Gasteiger charge is 2.09. The molecule has 4 heteroatoms. The van der Waals surface area contributed by atoms with Gasteiger partial charge in [0.1, 0.15) is 0 Å². The van der Waals surface area contributed by atoms with Crippen LogP contribution in [-0.4, -0.2) is 10.4 Å². The van der Waals surface area contributed by atoms with Crippen molar-refractivity contribution in [2.45, 2.75) is 6.54 Å². The minimum absolute atomic E-state index is 0.0501. The zero-order valence-electron chi connectivity index (χ0n) is 10.5. The van der Waals surface area contributed by atoms with Crippen molar-refractivity contribution < 1.29 is 4.79 Å². The molecule has 0 aliphatic heterocycles. The van der Waals surface area contributed by atoms with Crippen molar-refractivity contribution in [3.8, 4) is 0 Å². The Hall–Kier alpha value is -1.77. The fourth-order valence-corrected chi connectivity index (χ4v) is 2.50. The van der Waals surface area contributed by atoms with Crippen molar-refractivity contribution in [3.63, 3.8) is 0 Å². The minimum atomic E-state index is 0.0501. The molecule has 0 radical (unpaired) electrons. The number of carbonyl (C=O) groups is 1. The number of nitrogens with zero attached hydrogens (tertiary/aromatic N) is 1. The molecule has 0 N–H and O–H groups in total. The van der Waals surface area contributed by atoms with E-state index in [1.807, 2.05) is 35.0 Å². The largest absolute Gasteiger partial charge is 0.340 e. The highest BCUT2D eigenvalue weighted by atomic mass is 35.5. The monoisotopic (exact) mass is 303 g/mol. The van der Waals surface area contributed by atoms with Gasteiger partial charge in [-0.05, 0) is 48.5 Å². The van der Waals surface area contributed by atoms with E-state index in [4.69, 9.17) is 23.2 Å². The van der Waals surface area contributed by atoms with Gasteiger partial charge in [-0.3, -0.25) is 4.79 Å². The molecular weight excluding hydrogens is 293 g/mol. The third-order valence-electron chi connectivity index (χ3n) is 3.21. The maximum absolute atomic E-state index is 12.2. The summed E-state index contributed by atoms with van der Waals surface area (Å²) in [6.45, 7) is 0.298. The molecule has 1 aromatic heterocycles. The Morgan fingerprint density at radius 2 is 1.65 bits per heavy atom. The van der Waals surface area contributed by atoms with Crippen LogP contribution in [0.15, 0.2) is 54.7 Å². The van der Waals surface area contributed by atoms with Gasteiger partial charge in [0.25, 0.3) is 0 Å². The molecule has 1 heterocycles. The third kappa shape index (κ3) is 2.58. The highest BCUT2D eigenvalue weighted by Crippen LogP contribution is 2.21. The number of rotatable bonds is 3. The highest BCUT2D eigenvalue weighted by molar-refractivity contribution is 6.31. The molecule has 0 aliphatic rings. The number of benzene rings is 2. The van der Waals surface area contributed by atoms with E-state index < -0.39 is 0 Å². The zero-order chi connectivity index (χ0) is 14.1. The molecule has 2 nitrogen and oxygen atoms in total. The fraction of sp³-hybridized carbons (Fsp3) is 0.0625. The summed E-state index contributed by atoms with van der Waals surface area (Å²) >= 11 is 11.8. The first kappa shape index (κ1) is 13.2. The predicted octanol–water partition coefficient (Wildman–Crippen LogP) is 4.83. The fourth-order valence-electron chi connectivity index (χ4n) is 2.19. The summed E-state index contributed by atoms with van der Waals surface area (Å²) in [6, 6.07) is 14.5. The van der Waals surface area contributed by atoms with E-state index in [0.29, 0.717) is 22.2 Å². The first-order valence-corrected chi connectivity index (χ1v) is 6.92. The molecule has 3 rings (SSSR count). The molecule has 20 heavy (non-hydrogen) atoms. The lowest BCUT2D eigenvalue weighted by atomic mass is 10.1. The van der Waals surface area contributed by atoms with Gasteiger partial charge in [0.15, 0.2) is 5.78 Å². The molecule has 0 unspecified atom stereocenters. The Labute approximate surface area is 126 Å². The summed E-state index contributed by atoms with van der Waals surface area (Å²) in [5, 5.41) is 2.35. The number of carbonyl (C=O) groups excluding carboxylic acids is 1. The van der Waals surface area contributed by atoms with Gasteiger partial charge in [-0.25, -0.2) is 0 Å². The lowest BCUT2D eigenvalue weighted by Gasteiger charge is -2.05. The van der Waals surface area contributed by atoms with E-state index in [1.165, 1.54) is 0 Å². The first-order valence-electron chi connectivity index (χ1n) is 6.17. The molecular formula is C16H11Cl2NO. The van der Waals surface area contributed by atoms with Gasteiger partial charge < -0.3 is 4.57 Å². The van der Waals surface area contributed by atoms with Crippen molar-refractivity contribution in [2.24, 2.45) is 0 Å². The number of halogens is 2.